The summed E-state index contributed by atoms with van der Waals surface area (Å²) in [5, 5.41) is 0. The molecule has 0 spiro atoms. The molecule has 3 nitrogen and oxygen atoms in total. The Kier molecular flexibility index (Phi) is 3.63. The van der Waals surface area contributed by atoms with E-state index in [0.717, 1.165) is 17.2 Å². The Morgan fingerprint density at radius 2 is 1.29 bits per heavy atom. The molecule has 0 amide bonds. The molecule has 0 aliphatic rings. The second-order valence-corrected chi connectivity index (χ2v) is 3.21. The minimum absolute atomic E-state index is 0.145. The summed E-state index contributed by atoms with van der Waals surface area (Å²) in [6.07, 6.45) is 0.145. The van der Waals surface area contributed by atoms with Crippen LogP contribution in [0.2, 0.25) is 0 Å². The van der Waals surface area contributed by atoms with Crippen molar-refractivity contribution in [3.05, 3.63) is 18.2 Å². The van der Waals surface area contributed by atoms with Crippen LogP contribution in [0.4, 0.5) is 0 Å². The van der Waals surface area contributed by atoms with E-state index in [1.54, 1.807) is 14.2 Å². The molecule has 14 heavy (non-hydrogen) atoms. The van der Waals surface area contributed by atoms with Crippen LogP contribution in [-0.2, 0) is 0 Å². The molecule has 0 bridgehead atoms. The van der Waals surface area contributed by atoms with Gasteiger partial charge in [0.1, 0.15) is 17.2 Å². The number of ether oxygens (including phenoxy) is 3. The monoisotopic (exact) mass is 196 g/mol. The van der Waals surface area contributed by atoms with E-state index in [-0.39, 0.29) is 6.10 Å². The van der Waals surface area contributed by atoms with Crippen molar-refractivity contribution in [2.24, 2.45) is 0 Å². The Morgan fingerprint density at radius 3 is 1.64 bits per heavy atom. The third kappa shape index (κ3) is 2.83. The fourth-order valence-electron chi connectivity index (χ4n) is 1.12. The van der Waals surface area contributed by atoms with Gasteiger partial charge in [0.15, 0.2) is 0 Å². The Balaban J connectivity index is 2.92. The minimum Gasteiger partial charge on any atom is -0.496 e. The number of methoxy groups -OCH3 is 2. The van der Waals surface area contributed by atoms with Crippen LogP contribution < -0.4 is 14.2 Å². The molecule has 1 aromatic carbocycles. The molecule has 1 aromatic rings. The first-order chi connectivity index (χ1) is 6.65. The quantitative estimate of drug-likeness (QED) is 0.740. The standard InChI is InChI=1S/C11H16O3/c1-8(2)14-11-6-9(12-3)5-10(7-11)13-4/h5-8H,1-4H3. The van der Waals surface area contributed by atoms with Gasteiger partial charge in [-0.05, 0) is 13.8 Å². The average molecular weight is 196 g/mol. The lowest BCUT2D eigenvalue weighted by Crippen LogP contribution is -2.05. The zero-order chi connectivity index (χ0) is 10.6. The Labute approximate surface area is 84.6 Å². The highest BCUT2D eigenvalue weighted by atomic mass is 16.5. The predicted octanol–water partition coefficient (Wildman–Crippen LogP) is 2.49. The molecule has 0 aliphatic carbocycles. The highest BCUT2D eigenvalue weighted by molar-refractivity contribution is 5.42. The first kappa shape index (κ1) is 10.7. The topological polar surface area (TPSA) is 27.7 Å². The molecule has 0 fully saturated rings. The van der Waals surface area contributed by atoms with Gasteiger partial charge in [-0.15, -0.1) is 0 Å². The largest absolute Gasteiger partial charge is 0.496 e. The lowest BCUT2D eigenvalue weighted by molar-refractivity contribution is 0.240. The van der Waals surface area contributed by atoms with E-state index in [9.17, 15) is 0 Å². The van der Waals surface area contributed by atoms with Crippen LogP contribution in [0.5, 0.6) is 17.2 Å². The van der Waals surface area contributed by atoms with Crippen molar-refractivity contribution in [1.82, 2.24) is 0 Å². The normalized spacial score (nSPS) is 10.1. The molecule has 0 unspecified atom stereocenters. The van der Waals surface area contributed by atoms with Crippen molar-refractivity contribution in [2.75, 3.05) is 14.2 Å². The lowest BCUT2D eigenvalue weighted by Gasteiger charge is -2.12. The third-order valence-electron chi connectivity index (χ3n) is 1.70. The van der Waals surface area contributed by atoms with E-state index < -0.39 is 0 Å². The Morgan fingerprint density at radius 1 is 0.857 bits per heavy atom. The van der Waals surface area contributed by atoms with Gasteiger partial charge in [0.05, 0.1) is 20.3 Å². The first-order valence-electron chi connectivity index (χ1n) is 4.55. The van der Waals surface area contributed by atoms with Gasteiger partial charge in [0, 0.05) is 18.2 Å². The summed E-state index contributed by atoms with van der Waals surface area (Å²) in [7, 11) is 3.24. The van der Waals surface area contributed by atoms with Gasteiger partial charge >= 0.3 is 0 Å². The SMILES string of the molecule is COc1cc(OC)cc(OC(C)C)c1. The molecule has 0 saturated heterocycles. The maximum Gasteiger partial charge on any atom is 0.127 e. The highest BCUT2D eigenvalue weighted by Gasteiger charge is 2.03. The number of benzene rings is 1. The summed E-state index contributed by atoms with van der Waals surface area (Å²) in [5.41, 5.74) is 0. The van der Waals surface area contributed by atoms with Crippen molar-refractivity contribution in [3.63, 3.8) is 0 Å². The van der Waals surface area contributed by atoms with E-state index in [2.05, 4.69) is 0 Å². The third-order valence-corrected chi connectivity index (χ3v) is 1.70. The molecule has 78 valence electrons. The van der Waals surface area contributed by atoms with Crippen LogP contribution in [0.15, 0.2) is 18.2 Å². The molecule has 0 radical (unpaired) electrons. The number of hydrogen-bond acceptors (Lipinski definition) is 3. The zero-order valence-corrected chi connectivity index (χ0v) is 9.03. The number of hydrogen-bond donors (Lipinski definition) is 0. The van der Waals surface area contributed by atoms with Crippen LogP contribution in [-0.4, -0.2) is 20.3 Å². The minimum atomic E-state index is 0.145. The zero-order valence-electron chi connectivity index (χ0n) is 9.03. The van der Waals surface area contributed by atoms with Crippen molar-refractivity contribution in [2.45, 2.75) is 20.0 Å². The molecule has 0 aliphatic heterocycles. The van der Waals surface area contributed by atoms with Crippen molar-refractivity contribution in [3.8, 4) is 17.2 Å². The second kappa shape index (κ2) is 4.74. The van der Waals surface area contributed by atoms with E-state index in [4.69, 9.17) is 14.2 Å². The molecule has 0 N–H and O–H groups in total. The molecular formula is C11H16O3. The maximum absolute atomic E-state index is 5.54. The summed E-state index contributed by atoms with van der Waals surface area (Å²) in [6, 6.07) is 5.48. The average Bonchev–Trinajstić information content (AvgIpc) is 2.16. The summed E-state index contributed by atoms with van der Waals surface area (Å²) in [4.78, 5) is 0. The molecule has 0 saturated carbocycles. The van der Waals surface area contributed by atoms with E-state index in [1.165, 1.54) is 0 Å². The summed E-state index contributed by atoms with van der Waals surface area (Å²) in [5.74, 6) is 2.23. The van der Waals surface area contributed by atoms with Gasteiger partial charge in [0.2, 0.25) is 0 Å². The smallest absolute Gasteiger partial charge is 0.127 e. The van der Waals surface area contributed by atoms with Gasteiger partial charge in [-0.3, -0.25) is 0 Å². The molecule has 0 aromatic heterocycles. The van der Waals surface area contributed by atoms with Gasteiger partial charge in [0.25, 0.3) is 0 Å². The second-order valence-electron chi connectivity index (χ2n) is 3.21. The maximum atomic E-state index is 5.54. The van der Waals surface area contributed by atoms with Crippen LogP contribution in [0.25, 0.3) is 0 Å². The fourth-order valence-corrected chi connectivity index (χ4v) is 1.12. The number of rotatable bonds is 4. The molecule has 0 atom stereocenters. The Bertz CT molecular complexity index is 272. The Hall–Kier alpha value is -1.38. The van der Waals surface area contributed by atoms with Gasteiger partial charge in [-0.2, -0.15) is 0 Å². The summed E-state index contributed by atoms with van der Waals surface area (Å²) < 4.78 is 15.8. The van der Waals surface area contributed by atoms with Crippen LogP contribution in [0, 0.1) is 0 Å². The van der Waals surface area contributed by atoms with E-state index in [0.29, 0.717) is 0 Å². The lowest BCUT2D eigenvalue weighted by atomic mass is 10.3. The van der Waals surface area contributed by atoms with Crippen molar-refractivity contribution < 1.29 is 14.2 Å². The molecular weight excluding hydrogens is 180 g/mol. The van der Waals surface area contributed by atoms with Crippen molar-refractivity contribution in [1.29, 1.82) is 0 Å². The van der Waals surface area contributed by atoms with Gasteiger partial charge in [-0.1, -0.05) is 0 Å². The predicted molar refractivity (Wildman–Crippen MR) is 55.3 cm³/mol. The van der Waals surface area contributed by atoms with E-state index >= 15 is 0 Å². The van der Waals surface area contributed by atoms with Crippen LogP contribution >= 0.6 is 0 Å². The molecule has 3 heteroatoms. The van der Waals surface area contributed by atoms with Gasteiger partial charge in [-0.25, -0.2) is 0 Å². The summed E-state index contributed by atoms with van der Waals surface area (Å²) in [6.45, 7) is 3.96. The summed E-state index contributed by atoms with van der Waals surface area (Å²) >= 11 is 0. The van der Waals surface area contributed by atoms with Crippen LogP contribution in [0.1, 0.15) is 13.8 Å². The van der Waals surface area contributed by atoms with Crippen LogP contribution in [0.3, 0.4) is 0 Å². The van der Waals surface area contributed by atoms with Crippen molar-refractivity contribution >= 4 is 0 Å². The molecule has 1 rings (SSSR count). The molecule has 0 heterocycles. The van der Waals surface area contributed by atoms with Gasteiger partial charge < -0.3 is 14.2 Å². The van der Waals surface area contributed by atoms with E-state index in [1.807, 2.05) is 32.0 Å². The first-order valence-corrected chi connectivity index (χ1v) is 4.55. The highest BCUT2D eigenvalue weighted by Crippen LogP contribution is 2.27. The fraction of sp³-hybridized carbons (Fsp3) is 0.455.